The monoisotopic (exact) mass is 313 g/mol. The molecule has 2 aliphatic carbocycles. The SMILES string of the molecule is COC1=C[C@]23CCN(C)[C@@H](Cc4ccc(OC)c(O)c42)C3=CC1. The summed E-state index contributed by atoms with van der Waals surface area (Å²) in [5, 5.41) is 10.9. The van der Waals surface area contributed by atoms with E-state index in [9.17, 15) is 5.11 Å². The molecule has 1 N–H and O–H groups in total. The number of rotatable bonds is 2. The molecule has 1 aromatic carbocycles. The molecule has 0 radical (unpaired) electrons. The molecule has 1 saturated heterocycles. The number of likely N-dealkylation sites (N-methyl/N-ethyl adjacent to an activating group) is 1. The van der Waals surface area contributed by atoms with E-state index in [1.165, 1.54) is 11.1 Å². The maximum absolute atomic E-state index is 10.9. The highest BCUT2D eigenvalue weighted by atomic mass is 16.5. The smallest absolute Gasteiger partial charge is 0.162 e. The quantitative estimate of drug-likeness (QED) is 0.853. The van der Waals surface area contributed by atoms with E-state index < -0.39 is 0 Å². The van der Waals surface area contributed by atoms with E-state index in [2.05, 4.69) is 30.2 Å². The van der Waals surface area contributed by atoms with Gasteiger partial charge in [-0.05, 0) is 49.7 Å². The van der Waals surface area contributed by atoms with Crippen LogP contribution in [0.2, 0.25) is 0 Å². The molecule has 4 heteroatoms. The molecule has 1 aromatic rings. The van der Waals surface area contributed by atoms with Crippen LogP contribution in [0.25, 0.3) is 0 Å². The Morgan fingerprint density at radius 2 is 2.09 bits per heavy atom. The lowest BCUT2D eigenvalue weighted by molar-refractivity contribution is 0.176. The summed E-state index contributed by atoms with van der Waals surface area (Å²) < 4.78 is 10.9. The van der Waals surface area contributed by atoms with Crippen molar-refractivity contribution in [3.8, 4) is 11.5 Å². The number of benzene rings is 1. The van der Waals surface area contributed by atoms with Gasteiger partial charge < -0.3 is 14.6 Å². The van der Waals surface area contributed by atoms with Gasteiger partial charge in [-0.15, -0.1) is 0 Å². The number of aromatic hydroxyl groups is 1. The van der Waals surface area contributed by atoms with Crippen molar-refractivity contribution in [2.24, 2.45) is 0 Å². The van der Waals surface area contributed by atoms with Crippen LogP contribution in [0.15, 0.2) is 35.6 Å². The van der Waals surface area contributed by atoms with Crippen LogP contribution < -0.4 is 4.74 Å². The average Bonchev–Trinajstić information content (AvgIpc) is 2.57. The van der Waals surface area contributed by atoms with Crippen molar-refractivity contribution in [2.45, 2.75) is 30.7 Å². The van der Waals surface area contributed by atoms with E-state index in [0.29, 0.717) is 11.8 Å². The molecule has 0 aromatic heterocycles. The Labute approximate surface area is 137 Å². The van der Waals surface area contributed by atoms with Crippen molar-refractivity contribution in [1.29, 1.82) is 0 Å². The molecular weight excluding hydrogens is 290 g/mol. The standard InChI is InChI=1S/C19H23NO3/c1-20-9-8-19-11-13(22-2)5-6-14(19)15(20)10-12-4-7-16(23-3)18(21)17(12)19/h4,6-7,11,15,21H,5,8-10H2,1-3H3/t15-,19-/m0/s1. The molecule has 1 aliphatic heterocycles. The molecule has 1 fully saturated rings. The van der Waals surface area contributed by atoms with Gasteiger partial charge in [0.25, 0.3) is 0 Å². The number of fused-ring (bicyclic) bond motifs is 1. The third-order valence-electron chi connectivity index (χ3n) is 5.76. The maximum atomic E-state index is 10.9. The number of phenolic OH excluding ortho intramolecular Hbond substituents is 1. The second-order valence-electron chi connectivity index (χ2n) is 6.75. The van der Waals surface area contributed by atoms with Crippen LogP contribution in [0.1, 0.15) is 24.0 Å². The molecule has 1 heterocycles. The van der Waals surface area contributed by atoms with Crippen molar-refractivity contribution >= 4 is 0 Å². The van der Waals surface area contributed by atoms with Gasteiger partial charge in [-0.3, -0.25) is 4.90 Å². The van der Waals surface area contributed by atoms with Crippen molar-refractivity contribution in [3.63, 3.8) is 0 Å². The number of piperidine rings is 1. The molecule has 4 nitrogen and oxygen atoms in total. The van der Waals surface area contributed by atoms with Crippen LogP contribution in [0, 0.1) is 0 Å². The molecular formula is C19H23NO3. The summed E-state index contributed by atoms with van der Waals surface area (Å²) in [7, 11) is 5.52. The van der Waals surface area contributed by atoms with Crippen molar-refractivity contribution in [1.82, 2.24) is 4.90 Å². The van der Waals surface area contributed by atoms with Crippen molar-refractivity contribution < 1.29 is 14.6 Å². The molecule has 2 atom stereocenters. The summed E-state index contributed by atoms with van der Waals surface area (Å²) in [4.78, 5) is 2.43. The van der Waals surface area contributed by atoms with Gasteiger partial charge in [-0.25, -0.2) is 0 Å². The van der Waals surface area contributed by atoms with E-state index in [1.54, 1.807) is 14.2 Å². The van der Waals surface area contributed by atoms with Gasteiger partial charge in [-0.2, -0.15) is 0 Å². The number of nitrogens with zero attached hydrogens (tertiary/aromatic N) is 1. The van der Waals surface area contributed by atoms with Gasteiger partial charge in [0.2, 0.25) is 0 Å². The van der Waals surface area contributed by atoms with E-state index in [-0.39, 0.29) is 11.2 Å². The number of likely N-dealkylation sites (tertiary alicyclic amines) is 1. The third kappa shape index (κ3) is 1.88. The first kappa shape index (κ1) is 14.6. The zero-order valence-electron chi connectivity index (χ0n) is 13.9. The number of allylic oxidation sites excluding steroid dienone is 2. The number of methoxy groups -OCH3 is 2. The highest BCUT2D eigenvalue weighted by Gasteiger charge is 2.50. The van der Waals surface area contributed by atoms with Gasteiger partial charge in [-0.1, -0.05) is 12.1 Å². The van der Waals surface area contributed by atoms with Crippen LogP contribution in [0.3, 0.4) is 0 Å². The fourth-order valence-electron chi connectivity index (χ4n) is 4.61. The molecule has 2 bridgehead atoms. The van der Waals surface area contributed by atoms with Gasteiger partial charge in [0.1, 0.15) is 0 Å². The molecule has 0 amide bonds. The molecule has 0 spiro atoms. The summed E-state index contributed by atoms with van der Waals surface area (Å²) in [5.41, 5.74) is 3.38. The summed E-state index contributed by atoms with van der Waals surface area (Å²) in [6.07, 6.45) is 7.26. The van der Waals surface area contributed by atoms with Gasteiger partial charge >= 0.3 is 0 Å². The Morgan fingerprint density at radius 1 is 1.26 bits per heavy atom. The van der Waals surface area contributed by atoms with E-state index >= 15 is 0 Å². The van der Waals surface area contributed by atoms with Crippen molar-refractivity contribution in [3.05, 3.63) is 46.7 Å². The summed E-state index contributed by atoms with van der Waals surface area (Å²) in [5.74, 6) is 1.81. The Balaban J connectivity index is 2.00. The second-order valence-corrected chi connectivity index (χ2v) is 6.75. The Kier molecular flexibility index (Phi) is 3.20. The van der Waals surface area contributed by atoms with Crippen molar-refractivity contribution in [2.75, 3.05) is 27.8 Å². The molecule has 23 heavy (non-hydrogen) atoms. The topological polar surface area (TPSA) is 41.9 Å². The zero-order valence-corrected chi connectivity index (χ0v) is 13.9. The van der Waals surface area contributed by atoms with E-state index in [0.717, 1.165) is 37.1 Å². The van der Waals surface area contributed by atoms with Gasteiger partial charge in [0, 0.05) is 23.4 Å². The minimum absolute atomic E-state index is 0.257. The minimum Gasteiger partial charge on any atom is -0.504 e. The lowest BCUT2D eigenvalue weighted by atomic mass is 9.58. The Morgan fingerprint density at radius 3 is 2.83 bits per heavy atom. The molecule has 4 rings (SSSR count). The van der Waals surface area contributed by atoms with Crippen LogP contribution in [-0.2, 0) is 16.6 Å². The summed E-state index contributed by atoms with van der Waals surface area (Å²) in [6.45, 7) is 1.01. The van der Waals surface area contributed by atoms with Gasteiger partial charge in [0.05, 0.1) is 20.0 Å². The number of phenols is 1. The first-order valence-electron chi connectivity index (χ1n) is 8.16. The fourth-order valence-corrected chi connectivity index (χ4v) is 4.61. The van der Waals surface area contributed by atoms with Crippen LogP contribution in [0.4, 0.5) is 0 Å². The van der Waals surface area contributed by atoms with E-state index in [4.69, 9.17) is 9.47 Å². The molecule has 3 aliphatic rings. The first-order chi connectivity index (χ1) is 11.1. The predicted molar refractivity (Wildman–Crippen MR) is 88.9 cm³/mol. The average molecular weight is 313 g/mol. The minimum atomic E-state index is -0.257. The second kappa shape index (κ2) is 5.03. The molecule has 122 valence electrons. The zero-order chi connectivity index (χ0) is 16.2. The lowest BCUT2D eigenvalue weighted by Crippen LogP contribution is -2.53. The number of hydrogen-bond donors (Lipinski definition) is 1. The largest absolute Gasteiger partial charge is 0.504 e. The lowest BCUT2D eigenvalue weighted by Gasteiger charge is -2.52. The third-order valence-corrected chi connectivity index (χ3v) is 5.76. The van der Waals surface area contributed by atoms with Crippen LogP contribution in [0.5, 0.6) is 11.5 Å². The highest BCUT2D eigenvalue weighted by molar-refractivity contribution is 5.64. The first-order valence-corrected chi connectivity index (χ1v) is 8.16. The van der Waals surface area contributed by atoms with E-state index in [1.807, 2.05) is 6.07 Å². The summed E-state index contributed by atoms with van der Waals surface area (Å²) in [6, 6.07) is 4.38. The fraction of sp³-hybridized carbons (Fsp3) is 0.474. The van der Waals surface area contributed by atoms with Crippen LogP contribution in [-0.4, -0.2) is 43.9 Å². The Bertz CT molecular complexity index is 722. The number of ether oxygens (including phenoxy) is 2. The predicted octanol–water partition coefficient (Wildman–Crippen LogP) is 2.76. The molecule has 0 unspecified atom stereocenters. The van der Waals surface area contributed by atoms with Gasteiger partial charge in [0.15, 0.2) is 11.5 Å². The normalized spacial score (nSPS) is 29.1. The molecule has 0 saturated carbocycles. The summed E-state index contributed by atoms with van der Waals surface area (Å²) >= 11 is 0. The number of hydrogen-bond acceptors (Lipinski definition) is 4. The highest BCUT2D eigenvalue weighted by Crippen LogP contribution is 2.55. The maximum Gasteiger partial charge on any atom is 0.162 e. The van der Waals surface area contributed by atoms with Crippen LogP contribution >= 0.6 is 0 Å². The Hall–Kier alpha value is -1.94.